The first-order valence-electron chi connectivity index (χ1n) is 11.7. The van der Waals surface area contributed by atoms with Gasteiger partial charge in [0.15, 0.2) is 11.5 Å². The molecule has 1 aliphatic heterocycles. The molecule has 1 fully saturated rings. The molecule has 1 unspecified atom stereocenters. The minimum absolute atomic E-state index is 0.0506. The van der Waals surface area contributed by atoms with Crippen molar-refractivity contribution in [3.05, 3.63) is 65.2 Å². The highest BCUT2D eigenvalue weighted by Gasteiger charge is 2.36. The zero-order valence-electron chi connectivity index (χ0n) is 21.2. The fourth-order valence-electron chi connectivity index (χ4n) is 4.08. The lowest BCUT2D eigenvalue weighted by Crippen LogP contribution is -2.23. The number of rotatable bonds is 9. The van der Waals surface area contributed by atoms with Crippen LogP contribution in [-0.4, -0.2) is 53.8 Å². The van der Waals surface area contributed by atoms with Crippen LogP contribution in [-0.2, 0) is 16.2 Å². The summed E-state index contributed by atoms with van der Waals surface area (Å²) in [4.78, 5) is 3.20. The summed E-state index contributed by atoms with van der Waals surface area (Å²) in [6, 6.07) is 12.7. The van der Waals surface area contributed by atoms with Gasteiger partial charge in [-0.25, -0.2) is 8.42 Å². The van der Waals surface area contributed by atoms with Gasteiger partial charge in [-0.3, -0.25) is 4.72 Å². The van der Waals surface area contributed by atoms with Gasteiger partial charge in [-0.15, -0.1) is 0 Å². The fourth-order valence-corrected chi connectivity index (χ4v) is 6.62. The van der Waals surface area contributed by atoms with Gasteiger partial charge < -0.3 is 19.1 Å². The van der Waals surface area contributed by atoms with Gasteiger partial charge >= 0.3 is 6.18 Å². The minimum atomic E-state index is -4.66. The van der Waals surface area contributed by atoms with E-state index in [1.165, 1.54) is 38.1 Å². The van der Waals surface area contributed by atoms with Crippen LogP contribution in [0.5, 0.6) is 17.2 Å². The number of likely N-dealkylation sites (tertiary alicyclic amines) is 1. The van der Waals surface area contributed by atoms with Crippen LogP contribution in [0.15, 0.2) is 69.3 Å². The molecule has 0 radical (unpaired) electrons. The van der Waals surface area contributed by atoms with E-state index in [0.717, 1.165) is 23.1 Å². The largest absolute Gasteiger partial charge is 0.493 e. The molecule has 1 aliphatic rings. The van der Waals surface area contributed by atoms with Gasteiger partial charge in [-0.1, -0.05) is 23.4 Å². The van der Waals surface area contributed by atoms with Crippen molar-refractivity contribution in [3.63, 3.8) is 0 Å². The van der Waals surface area contributed by atoms with Crippen molar-refractivity contribution in [1.82, 2.24) is 4.90 Å². The zero-order valence-corrected chi connectivity index (χ0v) is 23.6. The fraction of sp³-hybridized carbons (Fsp3) is 0.308. The predicted octanol–water partition coefficient (Wildman–Crippen LogP) is 6.41. The number of nitrogens with one attached hydrogen (secondary N) is 1. The van der Waals surface area contributed by atoms with Crippen molar-refractivity contribution in [3.8, 4) is 17.2 Å². The third-order valence-corrected chi connectivity index (χ3v) is 8.81. The molecule has 1 heterocycles. The minimum Gasteiger partial charge on any atom is -0.493 e. The maximum Gasteiger partial charge on any atom is 0.419 e. The van der Waals surface area contributed by atoms with E-state index in [2.05, 4.69) is 4.72 Å². The van der Waals surface area contributed by atoms with Gasteiger partial charge in [-0.05, 0) is 62.0 Å². The van der Waals surface area contributed by atoms with Crippen LogP contribution in [0.4, 0.5) is 18.9 Å². The Balaban J connectivity index is 1.55. The Kier molecular flexibility index (Phi) is 8.79. The summed E-state index contributed by atoms with van der Waals surface area (Å²) >= 11 is 7.67. The van der Waals surface area contributed by atoms with Crippen molar-refractivity contribution >= 4 is 39.1 Å². The molecule has 1 saturated heterocycles. The lowest BCUT2D eigenvalue weighted by molar-refractivity contribution is -0.139. The van der Waals surface area contributed by atoms with Crippen LogP contribution in [0.1, 0.15) is 12.0 Å². The summed E-state index contributed by atoms with van der Waals surface area (Å²) in [5.74, 6) is 0.674. The molecule has 0 saturated carbocycles. The second-order valence-electron chi connectivity index (χ2n) is 8.82. The van der Waals surface area contributed by atoms with Crippen LogP contribution in [0.3, 0.4) is 0 Å². The second kappa shape index (κ2) is 11.7. The molecule has 210 valence electrons. The number of benzene rings is 3. The summed E-state index contributed by atoms with van der Waals surface area (Å²) in [6.07, 6.45) is -4.54. The Bertz CT molecular complexity index is 1450. The smallest absolute Gasteiger partial charge is 0.419 e. The average Bonchev–Trinajstić information content (AvgIpc) is 3.27. The molecule has 1 atom stereocenters. The van der Waals surface area contributed by atoms with Gasteiger partial charge in [0.25, 0.3) is 10.0 Å². The molecule has 0 bridgehead atoms. The molecule has 0 aromatic heterocycles. The Morgan fingerprint density at radius 2 is 1.67 bits per heavy atom. The standard InChI is InChI=1S/C26H26ClF3N2O5S2/c1-32-11-10-17(15-32)37-23-12-16(4-7-20(23)26(28,29)30)31-39(33,34)25-9-6-18(13-21(25)27)38-19-5-8-22(35-2)24(14-19)36-3/h4-9,12-14,17,31H,10-11,15H2,1-3H3. The predicted molar refractivity (Wildman–Crippen MR) is 144 cm³/mol. The summed E-state index contributed by atoms with van der Waals surface area (Å²) < 4.78 is 85.6. The topological polar surface area (TPSA) is 77.1 Å². The van der Waals surface area contributed by atoms with Crippen molar-refractivity contribution in [1.29, 1.82) is 0 Å². The van der Waals surface area contributed by atoms with Gasteiger partial charge in [-0.2, -0.15) is 13.2 Å². The number of anilines is 1. The number of ether oxygens (including phenoxy) is 3. The zero-order chi connectivity index (χ0) is 28.4. The van der Waals surface area contributed by atoms with Crippen molar-refractivity contribution in [2.75, 3.05) is 39.1 Å². The maximum absolute atomic E-state index is 13.6. The highest BCUT2D eigenvalue weighted by molar-refractivity contribution is 7.99. The first-order valence-corrected chi connectivity index (χ1v) is 14.4. The first-order chi connectivity index (χ1) is 18.4. The van der Waals surface area contributed by atoms with Gasteiger partial charge in [0.05, 0.1) is 30.5 Å². The lowest BCUT2D eigenvalue weighted by Gasteiger charge is -2.19. The third kappa shape index (κ3) is 7.05. The molecule has 4 rings (SSSR count). The van der Waals surface area contributed by atoms with E-state index in [9.17, 15) is 21.6 Å². The van der Waals surface area contributed by atoms with Gasteiger partial charge in [0.2, 0.25) is 0 Å². The number of nitrogens with zero attached hydrogens (tertiary/aromatic N) is 1. The Hall–Kier alpha value is -2.80. The Morgan fingerprint density at radius 3 is 2.28 bits per heavy atom. The SMILES string of the molecule is COc1ccc(Sc2ccc(S(=O)(=O)Nc3ccc(C(F)(F)F)c(OC4CCN(C)C4)c3)c(Cl)c2)cc1OC. The highest BCUT2D eigenvalue weighted by Crippen LogP contribution is 2.40. The molecule has 3 aromatic rings. The Morgan fingerprint density at radius 1 is 0.974 bits per heavy atom. The average molecular weight is 603 g/mol. The normalized spacial score (nSPS) is 16.2. The molecule has 39 heavy (non-hydrogen) atoms. The molecular formula is C26H26ClF3N2O5S2. The van der Waals surface area contributed by atoms with Crippen LogP contribution < -0.4 is 18.9 Å². The van der Waals surface area contributed by atoms with Crippen molar-refractivity contribution in [2.45, 2.75) is 33.4 Å². The number of sulfonamides is 1. The third-order valence-electron chi connectivity index (χ3n) is 5.96. The Labute approximate surface area is 234 Å². The van der Waals surface area contributed by atoms with Crippen molar-refractivity contribution in [2.24, 2.45) is 0 Å². The van der Waals surface area contributed by atoms with Crippen LogP contribution in [0.2, 0.25) is 5.02 Å². The van der Waals surface area contributed by atoms with E-state index in [4.69, 9.17) is 25.8 Å². The molecule has 13 heteroatoms. The monoisotopic (exact) mass is 602 g/mol. The highest BCUT2D eigenvalue weighted by atomic mass is 35.5. The van der Waals surface area contributed by atoms with E-state index in [1.54, 1.807) is 18.2 Å². The molecule has 0 amide bonds. The van der Waals surface area contributed by atoms with E-state index >= 15 is 0 Å². The summed E-state index contributed by atoms with van der Waals surface area (Å²) in [7, 11) is 0.675. The number of alkyl halides is 3. The lowest BCUT2D eigenvalue weighted by atomic mass is 10.1. The number of hydrogen-bond donors (Lipinski definition) is 1. The van der Waals surface area contributed by atoms with E-state index in [0.29, 0.717) is 35.9 Å². The second-order valence-corrected chi connectivity index (χ2v) is 12.0. The summed E-state index contributed by atoms with van der Waals surface area (Å²) in [5, 5.41) is -0.0506. The molecule has 0 spiro atoms. The van der Waals surface area contributed by atoms with E-state index in [1.807, 2.05) is 18.0 Å². The maximum atomic E-state index is 13.6. The van der Waals surface area contributed by atoms with E-state index < -0.39 is 33.6 Å². The van der Waals surface area contributed by atoms with Crippen LogP contribution in [0.25, 0.3) is 0 Å². The van der Waals surface area contributed by atoms with Crippen LogP contribution in [0, 0.1) is 0 Å². The number of halogens is 4. The number of likely N-dealkylation sites (N-methyl/N-ethyl adjacent to an activating group) is 1. The summed E-state index contributed by atoms with van der Waals surface area (Å²) in [5.41, 5.74) is -1.06. The van der Waals surface area contributed by atoms with Gasteiger partial charge in [0, 0.05) is 28.9 Å². The van der Waals surface area contributed by atoms with Crippen molar-refractivity contribution < 1.29 is 35.8 Å². The quantitative estimate of drug-likeness (QED) is 0.303. The van der Waals surface area contributed by atoms with E-state index in [-0.39, 0.29) is 15.6 Å². The van der Waals surface area contributed by atoms with Gasteiger partial charge in [0.1, 0.15) is 16.7 Å². The molecular weight excluding hydrogens is 577 g/mol. The molecule has 0 aliphatic carbocycles. The number of hydrogen-bond acceptors (Lipinski definition) is 7. The molecule has 7 nitrogen and oxygen atoms in total. The number of methoxy groups -OCH3 is 2. The first kappa shape index (κ1) is 29.2. The summed E-state index contributed by atoms with van der Waals surface area (Å²) in [6.45, 7) is 1.16. The van der Waals surface area contributed by atoms with Crippen LogP contribution >= 0.6 is 23.4 Å². The molecule has 3 aromatic carbocycles. The molecule has 1 N–H and O–H groups in total.